The molecule has 0 radical (unpaired) electrons. The molecule has 0 aromatic heterocycles. The standard InChI is InChI=1S/C25H28N2O6/c1-14-18(4-5-19-20(14)13-33-23(19)30)21(28)11-27-15-2-3-16(27)10-25(9-15)6-7-26(24(25)31)17-8-22(29)32-12-17/h4-5,8,15-16,21,28H,2-3,6-7,9-13H2,1H3/t15-,16+,21-,25-/m0/s1. The Morgan fingerprint density at radius 1 is 1.12 bits per heavy atom. The molecule has 1 aromatic carbocycles. The van der Waals surface area contributed by atoms with Crippen LogP contribution in [0.5, 0.6) is 0 Å². The predicted octanol–water partition coefficient (Wildman–Crippen LogP) is 1.99. The first-order valence-electron chi connectivity index (χ1n) is 11.8. The number of hydrogen-bond acceptors (Lipinski definition) is 7. The Bertz CT molecular complexity index is 1080. The summed E-state index contributed by atoms with van der Waals surface area (Å²) in [5.41, 5.74) is 3.54. The number of fused-ring (bicyclic) bond motifs is 3. The van der Waals surface area contributed by atoms with Crippen LogP contribution in [-0.4, -0.2) is 64.5 Å². The monoisotopic (exact) mass is 452 g/mol. The van der Waals surface area contributed by atoms with Crippen molar-refractivity contribution in [1.29, 1.82) is 0 Å². The van der Waals surface area contributed by atoms with E-state index < -0.39 is 6.10 Å². The largest absolute Gasteiger partial charge is 0.457 e. The second kappa shape index (κ2) is 7.40. The number of carbonyl (C=O) groups is 3. The van der Waals surface area contributed by atoms with Crippen LogP contribution in [0.2, 0.25) is 0 Å². The fourth-order valence-corrected chi connectivity index (χ4v) is 6.76. The summed E-state index contributed by atoms with van der Waals surface area (Å²) in [4.78, 5) is 40.9. The lowest BCUT2D eigenvalue weighted by Gasteiger charge is -2.44. The first-order valence-corrected chi connectivity index (χ1v) is 11.8. The molecule has 0 aliphatic carbocycles. The van der Waals surface area contributed by atoms with E-state index in [1.165, 1.54) is 6.08 Å². The third kappa shape index (κ3) is 3.14. The first kappa shape index (κ1) is 20.9. The molecule has 4 atom stereocenters. The summed E-state index contributed by atoms with van der Waals surface area (Å²) in [5.74, 6) is -0.545. The Morgan fingerprint density at radius 3 is 2.58 bits per heavy atom. The van der Waals surface area contributed by atoms with Crippen molar-refractivity contribution in [3.63, 3.8) is 0 Å². The van der Waals surface area contributed by atoms with Gasteiger partial charge in [0.05, 0.1) is 22.8 Å². The number of ether oxygens (including phenoxy) is 2. The summed E-state index contributed by atoms with van der Waals surface area (Å²) >= 11 is 0. The SMILES string of the molecule is Cc1c([C@@H](O)CN2[C@@H]3CC[C@H]2C[C@@]2(CCN(C4=CC(=O)OC4)C2=O)C3)ccc2c1COC2=O. The van der Waals surface area contributed by atoms with Crippen LogP contribution < -0.4 is 0 Å². The molecule has 2 bridgehead atoms. The molecule has 1 amide bonds. The molecule has 0 saturated carbocycles. The Hall–Kier alpha value is -2.71. The van der Waals surface area contributed by atoms with Gasteiger partial charge in [-0.05, 0) is 56.2 Å². The number of amides is 1. The molecule has 3 fully saturated rings. The first-order chi connectivity index (χ1) is 15.9. The van der Waals surface area contributed by atoms with Crippen molar-refractivity contribution in [3.05, 3.63) is 46.2 Å². The highest BCUT2D eigenvalue weighted by molar-refractivity contribution is 5.94. The molecule has 33 heavy (non-hydrogen) atoms. The minimum atomic E-state index is -0.661. The lowest BCUT2D eigenvalue weighted by atomic mass is 9.73. The Morgan fingerprint density at radius 2 is 1.88 bits per heavy atom. The van der Waals surface area contributed by atoms with Gasteiger partial charge in [0.15, 0.2) is 0 Å². The molecule has 5 aliphatic rings. The zero-order chi connectivity index (χ0) is 22.9. The van der Waals surface area contributed by atoms with Gasteiger partial charge in [0.2, 0.25) is 5.91 Å². The number of piperidine rings is 1. The van der Waals surface area contributed by atoms with Gasteiger partial charge in [0.1, 0.15) is 13.2 Å². The van der Waals surface area contributed by atoms with E-state index in [-0.39, 0.29) is 48.6 Å². The molecule has 1 aromatic rings. The second-order valence-electron chi connectivity index (χ2n) is 10.1. The van der Waals surface area contributed by atoms with Crippen molar-refractivity contribution in [1.82, 2.24) is 9.80 Å². The van der Waals surface area contributed by atoms with Crippen LogP contribution in [0.1, 0.15) is 65.3 Å². The van der Waals surface area contributed by atoms with Crippen LogP contribution in [0.3, 0.4) is 0 Å². The Kier molecular flexibility index (Phi) is 4.68. The van der Waals surface area contributed by atoms with Crippen LogP contribution in [-0.2, 0) is 25.7 Å². The summed E-state index contributed by atoms with van der Waals surface area (Å²) in [7, 11) is 0. The summed E-state index contributed by atoms with van der Waals surface area (Å²) in [6, 6.07) is 4.12. The van der Waals surface area contributed by atoms with Gasteiger partial charge in [0.25, 0.3) is 0 Å². The van der Waals surface area contributed by atoms with E-state index in [1.807, 2.05) is 13.0 Å². The number of hydrogen-bond donors (Lipinski definition) is 1. The summed E-state index contributed by atoms with van der Waals surface area (Å²) in [6.07, 6.45) is 5.22. The minimum absolute atomic E-state index is 0.128. The van der Waals surface area contributed by atoms with E-state index in [0.29, 0.717) is 24.4 Å². The predicted molar refractivity (Wildman–Crippen MR) is 116 cm³/mol. The number of cyclic esters (lactones) is 2. The van der Waals surface area contributed by atoms with E-state index in [0.717, 1.165) is 48.8 Å². The van der Waals surface area contributed by atoms with Gasteiger partial charge >= 0.3 is 11.9 Å². The van der Waals surface area contributed by atoms with Crippen molar-refractivity contribution in [2.24, 2.45) is 5.41 Å². The lowest BCUT2D eigenvalue weighted by molar-refractivity contribution is -0.140. The quantitative estimate of drug-likeness (QED) is 0.698. The number of carbonyl (C=O) groups excluding carboxylic acids is 3. The average Bonchev–Trinajstić information content (AvgIpc) is 3.51. The van der Waals surface area contributed by atoms with Crippen LogP contribution in [0, 0.1) is 12.3 Å². The maximum Gasteiger partial charge on any atom is 0.338 e. The molecule has 174 valence electrons. The Balaban J connectivity index is 1.18. The van der Waals surface area contributed by atoms with E-state index >= 15 is 0 Å². The van der Waals surface area contributed by atoms with Gasteiger partial charge in [-0.2, -0.15) is 0 Å². The van der Waals surface area contributed by atoms with E-state index in [2.05, 4.69) is 4.90 Å². The zero-order valence-electron chi connectivity index (χ0n) is 18.7. The van der Waals surface area contributed by atoms with Crippen molar-refractivity contribution < 1.29 is 29.0 Å². The van der Waals surface area contributed by atoms with Crippen LogP contribution >= 0.6 is 0 Å². The molecule has 5 aliphatic heterocycles. The maximum absolute atomic E-state index is 13.4. The van der Waals surface area contributed by atoms with E-state index in [4.69, 9.17) is 9.47 Å². The number of aliphatic hydroxyl groups excluding tert-OH is 1. The normalized spacial score (nSPS) is 31.8. The van der Waals surface area contributed by atoms with Crippen LogP contribution in [0.15, 0.2) is 23.9 Å². The average molecular weight is 453 g/mol. The lowest BCUT2D eigenvalue weighted by Crippen LogP contribution is -2.51. The minimum Gasteiger partial charge on any atom is -0.457 e. The van der Waals surface area contributed by atoms with Crippen molar-refractivity contribution in [2.75, 3.05) is 19.7 Å². The number of esters is 2. The maximum atomic E-state index is 13.4. The molecule has 6 rings (SSSR count). The zero-order valence-corrected chi connectivity index (χ0v) is 18.7. The van der Waals surface area contributed by atoms with Gasteiger partial charge in [-0.15, -0.1) is 0 Å². The van der Waals surface area contributed by atoms with Gasteiger partial charge in [-0.25, -0.2) is 9.59 Å². The Labute approximate surface area is 192 Å². The van der Waals surface area contributed by atoms with Crippen molar-refractivity contribution >= 4 is 17.8 Å². The highest BCUT2D eigenvalue weighted by Gasteiger charge is 2.56. The fourth-order valence-electron chi connectivity index (χ4n) is 6.76. The number of rotatable bonds is 4. The van der Waals surface area contributed by atoms with E-state index in [9.17, 15) is 19.5 Å². The molecule has 8 nitrogen and oxygen atoms in total. The third-order valence-electron chi connectivity index (χ3n) is 8.48. The van der Waals surface area contributed by atoms with Gasteiger partial charge < -0.3 is 19.5 Å². The van der Waals surface area contributed by atoms with Crippen LogP contribution in [0.25, 0.3) is 0 Å². The molecule has 8 heteroatoms. The third-order valence-corrected chi connectivity index (χ3v) is 8.48. The molecule has 1 spiro atoms. The smallest absolute Gasteiger partial charge is 0.338 e. The number of likely N-dealkylation sites (tertiary alicyclic amines) is 1. The molecule has 1 N–H and O–H groups in total. The topological polar surface area (TPSA) is 96.4 Å². The van der Waals surface area contributed by atoms with Crippen molar-refractivity contribution in [2.45, 2.75) is 63.8 Å². The highest BCUT2D eigenvalue weighted by Crippen LogP contribution is 2.52. The van der Waals surface area contributed by atoms with Crippen LogP contribution in [0.4, 0.5) is 0 Å². The molecular weight excluding hydrogens is 424 g/mol. The number of aliphatic hydroxyl groups is 1. The summed E-state index contributed by atoms with van der Waals surface area (Å²) in [6.45, 7) is 3.55. The van der Waals surface area contributed by atoms with Gasteiger partial charge in [-0.1, -0.05) is 6.07 Å². The van der Waals surface area contributed by atoms with Gasteiger partial charge in [-0.3, -0.25) is 9.69 Å². The summed E-state index contributed by atoms with van der Waals surface area (Å²) < 4.78 is 10.2. The fraction of sp³-hybridized carbons (Fsp3) is 0.560. The number of benzene rings is 1. The number of nitrogens with zero attached hydrogens (tertiary/aromatic N) is 2. The van der Waals surface area contributed by atoms with Crippen molar-refractivity contribution in [3.8, 4) is 0 Å². The van der Waals surface area contributed by atoms with E-state index in [1.54, 1.807) is 11.0 Å². The van der Waals surface area contributed by atoms with Gasteiger partial charge in [0, 0.05) is 36.8 Å². The highest BCUT2D eigenvalue weighted by atomic mass is 16.5. The second-order valence-corrected chi connectivity index (χ2v) is 10.1. The molecular formula is C25H28N2O6. The molecule has 5 heterocycles. The summed E-state index contributed by atoms with van der Waals surface area (Å²) in [5, 5.41) is 11.1. The molecule has 0 unspecified atom stereocenters. The molecule has 3 saturated heterocycles.